The Kier molecular flexibility index (Phi) is 6.05. The molecule has 170 valence electrons. The summed E-state index contributed by atoms with van der Waals surface area (Å²) in [6, 6.07) is 13.1. The van der Waals surface area contributed by atoms with Crippen LogP contribution in [0.4, 0.5) is 0 Å². The Labute approximate surface area is 193 Å². The summed E-state index contributed by atoms with van der Waals surface area (Å²) < 4.78 is 6.25. The Morgan fingerprint density at radius 1 is 1.09 bits per heavy atom. The van der Waals surface area contributed by atoms with Gasteiger partial charge in [0.1, 0.15) is 0 Å². The number of aromatic nitrogens is 2. The molecule has 4 heterocycles. The fourth-order valence-corrected chi connectivity index (χ4v) is 5.00. The van der Waals surface area contributed by atoms with E-state index in [0.717, 1.165) is 36.6 Å². The van der Waals surface area contributed by atoms with Gasteiger partial charge in [-0.1, -0.05) is 6.07 Å². The molecule has 2 fully saturated rings. The van der Waals surface area contributed by atoms with Crippen molar-refractivity contribution in [3.05, 3.63) is 72.2 Å². The molecule has 2 amide bonds. The number of ether oxygens (including phenoxy) is 1. The number of piperidine rings is 1. The van der Waals surface area contributed by atoms with Crippen LogP contribution in [0.1, 0.15) is 46.4 Å². The Balaban J connectivity index is 1.17. The van der Waals surface area contributed by atoms with Gasteiger partial charge in [0.05, 0.1) is 16.7 Å². The number of benzene rings is 1. The first kappa shape index (κ1) is 21.5. The summed E-state index contributed by atoms with van der Waals surface area (Å²) in [5.41, 5.74) is 1.97. The summed E-state index contributed by atoms with van der Waals surface area (Å²) in [6.45, 7) is 2.68. The first-order valence-electron chi connectivity index (χ1n) is 11.6. The smallest absolute Gasteiger partial charge is 0.253 e. The summed E-state index contributed by atoms with van der Waals surface area (Å²) in [7, 11) is 0. The topological polar surface area (TPSA) is 84.4 Å². The van der Waals surface area contributed by atoms with E-state index in [0.29, 0.717) is 43.3 Å². The van der Waals surface area contributed by atoms with E-state index in [1.54, 1.807) is 30.7 Å². The fraction of sp³-hybridized carbons (Fsp3) is 0.385. The lowest BCUT2D eigenvalue weighted by Crippen LogP contribution is -2.51. The highest BCUT2D eigenvalue weighted by atomic mass is 16.5. The van der Waals surface area contributed by atoms with E-state index in [1.807, 2.05) is 35.2 Å². The predicted octanol–water partition coefficient (Wildman–Crippen LogP) is 3.46. The zero-order chi connectivity index (χ0) is 22.7. The number of hydrogen-bond donors (Lipinski definition) is 1. The molecule has 0 radical (unpaired) electrons. The van der Waals surface area contributed by atoms with Gasteiger partial charge in [-0.25, -0.2) is 0 Å². The van der Waals surface area contributed by atoms with Gasteiger partial charge in [-0.15, -0.1) is 0 Å². The molecule has 3 aromatic rings. The van der Waals surface area contributed by atoms with Gasteiger partial charge in [-0.2, -0.15) is 0 Å². The van der Waals surface area contributed by atoms with Gasteiger partial charge >= 0.3 is 0 Å². The summed E-state index contributed by atoms with van der Waals surface area (Å²) >= 11 is 0. The average Bonchev–Trinajstić information content (AvgIpc) is 2.88. The molecule has 2 aliphatic heterocycles. The average molecular weight is 445 g/mol. The maximum absolute atomic E-state index is 13.1. The van der Waals surface area contributed by atoms with Crippen molar-refractivity contribution in [2.75, 3.05) is 26.2 Å². The normalized spacial score (nSPS) is 20.0. The van der Waals surface area contributed by atoms with Crippen molar-refractivity contribution < 1.29 is 14.3 Å². The molecule has 1 aromatic carbocycles. The predicted molar refractivity (Wildman–Crippen MR) is 125 cm³/mol. The maximum atomic E-state index is 13.1. The van der Waals surface area contributed by atoms with Crippen LogP contribution in [0, 0.1) is 5.92 Å². The van der Waals surface area contributed by atoms with Crippen LogP contribution in [0.25, 0.3) is 10.9 Å². The second kappa shape index (κ2) is 9.27. The number of carbonyl (C=O) groups is 2. The van der Waals surface area contributed by atoms with Crippen LogP contribution in [0.5, 0.6) is 0 Å². The third-order valence-electron chi connectivity index (χ3n) is 6.88. The van der Waals surface area contributed by atoms with E-state index in [9.17, 15) is 9.59 Å². The molecule has 1 atom stereocenters. The van der Waals surface area contributed by atoms with E-state index in [2.05, 4.69) is 15.3 Å². The number of amides is 2. The Bertz CT molecular complexity index is 1140. The van der Waals surface area contributed by atoms with Crippen LogP contribution in [-0.4, -0.2) is 58.5 Å². The largest absolute Gasteiger partial charge is 0.375 e. The van der Waals surface area contributed by atoms with Crippen molar-refractivity contribution in [2.24, 2.45) is 5.92 Å². The molecular weight excluding hydrogens is 416 g/mol. The number of pyridine rings is 2. The molecule has 33 heavy (non-hydrogen) atoms. The summed E-state index contributed by atoms with van der Waals surface area (Å²) in [5.74, 6) is 0.343. The Morgan fingerprint density at radius 2 is 1.94 bits per heavy atom. The molecular formula is C26H28N4O3. The lowest BCUT2D eigenvalue weighted by atomic mass is 9.79. The van der Waals surface area contributed by atoms with Crippen LogP contribution < -0.4 is 5.32 Å². The highest BCUT2D eigenvalue weighted by Gasteiger charge is 2.41. The molecule has 0 aliphatic carbocycles. The van der Waals surface area contributed by atoms with Gasteiger partial charge in [-0.3, -0.25) is 19.6 Å². The van der Waals surface area contributed by atoms with Crippen LogP contribution in [0.2, 0.25) is 0 Å². The molecule has 0 bridgehead atoms. The van der Waals surface area contributed by atoms with Crippen LogP contribution in [-0.2, 0) is 4.74 Å². The van der Waals surface area contributed by atoms with E-state index in [1.165, 1.54) is 0 Å². The molecule has 0 saturated carbocycles. The molecule has 2 aromatic heterocycles. The Morgan fingerprint density at radius 3 is 2.76 bits per heavy atom. The van der Waals surface area contributed by atoms with Crippen molar-refractivity contribution >= 4 is 22.7 Å². The van der Waals surface area contributed by atoms with E-state index in [-0.39, 0.29) is 17.4 Å². The third kappa shape index (κ3) is 4.73. The minimum Gasteiger partial charge on any atom is -0.375 e. The minimum absolute atomic E-state index is 0.0618. The Hall–Kier alpha value is -3.32. The first-order valence-corrected chi connectivity index (χ1v) is 11.6. The number of hydrogen-bond acceptors (Lipinski definition) is 5. The second-order valence-electron chi connectivity index (χ2n) is 9.05. The molecule has 1 N–H and O–H groups in total. The number of nitrogens with one attached hydrogen (secondary N) is 1. The fourth-order valence-electron chi connectivity index (χ4n) is 5.00. The van der Waals surface area contributed by atoms with Crippen LogP contribution in [0.15, 0.2) is 61.1 Å². The minimum atomic E-state index is -0.202. The highest BCUT2D eigenvalue weighted by Crippen LogP contribution is 2.37. The molecule has 1 spiro atoms. The summed E-state index contributed by atoms with van der Waals surface area (Å²) in [4.78, 5) is 35.7. The maximum Gasteiger partial charge on any atom is 0.253 e. The highest BCUT2D eigenvalue weighted by molar-refractivity contribution is 5.98. The lowest BCUT2D eigenvalue weighted by molar-refractivity contribution is -0.122. The van der Waals surface area contributed by atoms with E-state index < -0.39 is 0 Å². The van der Waals surface area contributed by atoms with Gasteiger partial charge in [0.2, 0.25) is 0 Å². The van der Waals surface area contributed by atoms with Crippen molar-refractivity contribution in [3.8, 4) is 0 Å². The SMILES string of the molecule is O=C(NCC1CCOC2(CCN(C(=O)c3ccc4ncccc4c3)CC2)C1)c1cccnc1. The summed E-state index contributed by atoms with van der Waals surface area (Å²) in [6.07, 6.45) is 8.48. The van der Waals surface area contributed by atoms with Crippen molar-refractivity contribution in [2.45, 2.75) is 31.3 Å². The van der Waals surface area contributed by atoms with E-state index in [4.69, 9.17) is 4.74 Å². The molecule has 7 heteroatoms. The van der Waals surface area contributed by atoms with Gasteiger partial charge in [-0.05, 0) is 68.0 Å². The van der Waals surface area contributed by atoms with Crippen LogP contribution >= 0.6 is 0 Å². The summed E-state index contributed by atoms with van der Waals surface area (Å²) in [5, 5.41) is 4.03. The molecule has 2 saturated heterocycles. The number of rotatable bonds is 4. The van der Waals surface area contributed by atoms with Gasteiger partial charge in [0, 0.05) is 55.8 Å². The molecule has 2 aliphatic rings. The van der Waals surface area contributed by atoms with E-state index >= 15 is 0 Å². The quantitative estimate of drug-likeness (QED) is 0.666. The van der Waals surface area contributed by atoms with Crippen molar-refractivity contribution in [3.63, 3.8) is 0 Å². The third-order valence-corrected chi connectivity index (χ3v) is 6.88. The first-order chi connectivity index (χ1) is 16.1. The monoisotopic (exact) mass is 444 g/mol. The van der Waals surface area contributed by atoms with Gasteiger partial charge < -0.3 is 15.0 Å². The number of fused-ring (bicyclic) bond motifs is 1. The molecule has 1 unspecified atom stereocenters. The second-order valence-corrected chi connectivity index (χ2v) is 9.05. The lowest BCUT2D eigenvalue weighted by Gasteiger charge is -2.46. The standard InChI is InChI=1S/C26H28N4O3/c31-24(22-4-1-10-27-18-22)29-17-19-7-14-33-26(16-19)8-12-30(13-9-26)25(32)21-5-6-23-20(15-21)3-2-11-28-23/h1-6,10-11,15,18-19H,7-9,12-14,16-17H2,(H,29,31). The number of carbonyl (C=O) groups excluding carboxylic acids is 2. The molecule has 7 nitrogen and oxygen atoms in total. The van der Waals surface area contributed by atoms with Crippen molar-refractivity contribution in [1.29, 1.82) is 0 Å². The van der Waals surface area contributed by atoms with Crippen LogP contribution in [0.3, 0.4) is 0 Å². The molecule has 5 rings (SSSR count). The van der Waals surface area contributed by atoms with Gasteiger partial charge in [0.15, 0.2) is 0 Å². The van der Waals surface area contributed by atoms with Gasteiger partial charge in [0.25, 0.3) is 11.8 Å². The number of likely N-dealkylation sites (tertiary alicyclic amines) is 1. The van der Waals surface area contributed by atoms with Crippen molar-refractivity contribution in [1.82, 2.24) is 20.2 Å². The zero-order valence-corrected chi connectivity index (χ0v) is 18.6. The zero-order valence-electron chi connectivity index (χ0n) is 18.6. The number of nitrogens with zero attached hydrogens (tertiary/aromatic N) is 3.